The van der Waals surface area contributed by atoms with Crippen LogP contribution in [-0.4, -0.2) is 36.3 Å². The van der Waals surface area contributed by atoms with Crippen LogP contribution in [0.5, 0.6) is 0 Å². The minimum atomic E-state index is -3.36. The van der Waals surface area contributed by atoms with Gasteiger partial charge in [-0.05, 0) is 57.6 Å². The summed E-state index contributed by atoms with van der Waals surface area (Å²) in [5.41, 5.74) is 4.58. The lowest BCUT2D eigenvalue weighted by molar-refractivity contribution is -0.147. The van der Waals surface area contributed by atoms with Gasteiger partial charge in [-0.2, -0.15) is 0 Å². The van der Waals surface area contributed by atoms with Crippen molar-refractivity contribution < 1.29 is 13.2 Å². The maximum absolute atomic E-state index is 14.1. The van der Waals surface area contributed by atoms with E-state index in [1.54, 1.807) is 13.8 Å². The van der Waals surface area contributed by atoms with Crippen LogP contribution >= 0.6 is 0 Å². The Balaban J connectivity index is 2.23. The first kappa shape index (κ1) is 27.2. The highest BCUT2D eigenvalue weighted by Crippen LogP contribution is 2.48. The molecule has 0 unspecified atom stereocenters. The predicted octanol–water partition coefficient (Wildman–Crippen LogP) is 6.40. The van der Waals surface area contributed by atoms with Gasteiger partial charge in [-0.15, -0.1) is 6.58 Å². The smallest absolute Gasteiger partial charge is 0.226 e. The molecule has 0 aliphatic carbocycles. The Hall–Kier alpha value is -2.40. The molecule has 0 aromatic heterocycles. The van der Waals surface area contributed by atoms with Crippen LogP contribution in [0, 0.1) is 25.7 Å². The molecule has 2 aromatic carbocycles. The molecule has 4 nitrogen and oxygen atoms in total. The van der Waals surface area contributed by atoms with Crippen molar-refractivity contribution in [3.8, 4) is 0 Å². The summed E-state index contributed by atoms with van der Waals surface area (Å²) in [6, 6.07) is 16.2. The zero-order valence-corrected chi connectivity index (χ0v) is 22.9. The average Bonchev–Trinajstić information content (AvgIpc) is 2.79. The minimum absolute atomic E-state index is 0.0129. The zero-order valence-electron chi connectivity index (χ0n) is 22.1. The van der Waals surface area contributed by atoms with Crippen LogP contribution in [0.15, 0.2) is 61.2 Å². The van der Waals surface area contributed by atoms with Gasteiger partial charge in [0, 0.05) is 17.9 Å². The van der Waals surface area contributed by atoms with E-state index < -0.39 is 21.1 Å². The Bertz CT molecular complexity index is 1130. The molecule has 1 saturated heterocycles. The second kappa shape index (κ2) is 11.1. The van der Waals surface area contributed by atoms with E-state index in [9.17, 15) is 13.2 Å². The number of amides is 1. The van der Waals surface area contributed by atoms with Gasteiger partial charge in [-0.25, -0.2) is 8.42 Å². The number of rotatable bonds is 9. The number of likely N-dealkylation sites (tertiary alicyclic amines) is 1. The van der Waals surface area contributed by atoms with E-state index in [0.717, 1.165) is 11.1 Å². The summed E-state index contributed by atoms with van der Waals surface area (Å²) in [6.45, 7) is 15.5. The van der Waals surface area contributed by atoms with Gasteiger partial charge in [0.15, 0.2) is 9.84 Å². The van der Waals surface area contributed by atoms with E-state index in [4.69, 9.17) is 0 Å². The molecule has 0 saturated carbocycles. The Labute approximate surface area is 212 Å². The maximum atomic E-state index is 14.1. The number of allylic oxidation sites excluding steroid dienone is 1. The van der Waals surface area contributed by atoms with Gasteiger partial charge in [0.05, 0.1) is 17.0 Å². The van der Waals surface area contributed by atoms with E-state index in [1.165, 1.54) is 11.1 Å². The molecule has 0 N–H and O–H groups in total. The largest absolute Gasteiger partial charge is 0.331 e. The highest BCUT2D eigenvalue weighted by Gasteiger charge is 2.47. The first-order chi connectivity index (χ1) is 16.5. The van der Waals surface area contributed by atoms with Gasteiger partial charge in [0.25, 0.3) is 0 Å². The van der Waals surface area contributed by atoms with Crippen molar-refractivity contribution in [2.75, 3.05) is 5.75 Å². The van der Waals surface area contributed by atoms with Crippen molar-refractivity contribution in [1.29, 1.82) is 0 Å². The van der Waals surface area contributed by atoms with Crippen LogP contribution in [0.1, 0.15) is 74.8 Å². The molecule has 2 aromatic rings. The molecule has 4 atom stereocenters. The summed E-state index contributed by atoms with van der Waals surface area (Å²) >= 11 is 0. The Morgan fingerprint density at radius 1 is 1.00 bits per heavy atom. The van der Waals surface area contributed by atoms with Crippen LogP contribution in [-0.2, 0) is 14.6 Å². The highest BCUT2D eigenvalue weighted by molar-refractivity contribution is 7.92. The molecule has 0 spiro atoms. The summed E-state index contributed by atoms with van der Waals surface area (Å²) in [7, 11) is -3.36. The van der Waals surface area contributed by atoms with Gasteiger partial charge in [0.1, 0.15) is 0 Å². The average molecular weight is 496 g/mol. The summed E-state index contributed by atoms with van der Waals surface area (Å²) < 4.78 is 26.3. The van der Waals surface area contributed by atoms with Crippen molar-refractivity contribution in [3.63, 3.8) is 0 Å². The number of carbonyl (C=O) groups excluding carboxylic acids is 1. The van der Waals surface area contributed by atoms with Gasteiger partial charge in [0.2, 0.25) is 5.91 Å². The molecular formula is C30H41NO3S. The van der Waals surface area contributed by atoms with Crippen LogP contribution < -0.4 is 0 Å². The molecule has 1 amide bonds. The Kier molecular flexibility index (Phi) is 8.63. The summed E-state index contributed by atoms with van der Waals surface area (Å²) in [6.07, 6.45) is 3.11. The predicted molar refractivity (Wildman–Crippen MR) is 145 cm³/mol. The fourth-order valence-electron chi connectivity index (χ4n) is 5.25. The second-order valence-corrected chi connectivity index (χ2v) is 13.4. The maximum Gasteiger partial charge on any atom is 0.226 e. The molecular weight excluding hydrogens is 454 g/mol. The molecule has 35 heavy (non-hydrogen) atoms. The van der Waals surface area contributed by atoms with Crippen LogP contribution in [0.2, 0.25) is 0 Å². The first-order valence-corrected chi connectivity index (χ1v) is 14.5. The Morgan fingerprint density at radius 2 is 1.66 bits per heavy atom. The summed E-state index contributed by atoms with van der Waals surface area (Å²) in [4.78, 5) is 16.0. The monoisotopic (exact) mass is 495 g/mol. The third kappa shape index (κ3) is 6.06. The van der Waals surface area contributed by atoms with E-state index in [0.29, 0.717) is 12.8 Å². The third-order valence-corrected chi connectivity index (χ3v) is 9.65. The number of nitrogens with zero attached hydrogens (tertiary/aromatic N) is 1. The van der Waals surface area contributed by atoms with Crippen LogP contribution in [0.25, 0.3) is 0 Å². The van der Waals surface area contributed by atoms with Gasteiger partial charge >= 0.3 is 0 Å². The molecule has 3 rings (SSSR count). The molecule has 0 bridgehead atoms. The van der Waals surface area contributed by atoms with Gasteiger partial charge in [-0.1, -0.05) is 79.6 Å². The van der Waals surface area contributed by atoms with Crippen LogP contribution in [0.3, 0.4) is 0 Å². The molecule has 1 heterocycles. The molecule has 5 heteroatoms. The molecule has 190 valence electrons. The van der Waals surface area contributed by atoms with Crippen molar-refractivity contribution in [1.82, 2.24) is 4.90 Å². The van der Waals surface area contributed by atoms with E-state index in [1.807, 2.05) is 24.8 Å². The van der Waals surface area contributed by atoms with Gasteiger partial charge < -0.3 is 4.90 Å². The lowest BCUT2D eigenvalue weighted by Crippen LogP contribution is -2.55. The fourth-order valence-corrected chi connectivity index (χ4v) is 6.65. The molecule has 1 aliphatic heterocycles. The number of benzene rings is 2. The van der Waals surface area contributed by atoms with Gasteiger partial charge in [-0.3, -0.25) is 4.79 Å². The SMILES string of the molecule is C=CC[C@H]1C[C@H](c2cccc(C)c2)[C@@H](c2ccc(C)cc2)N([C@H](CS(=O)(=O)C(C)C)C(C)C)C1=O. The van der Waals surface area contributed by atoms with Crippen molar-refractivity contribution in [2.24, 2.45) is 11.8 Å². The first-order valence-electron chi connectivity index (χ1n) is 12.7. The van der Waals surface area contributed by atoms with Crippen LogP contribution in [0.4, 0.5) is 0 Å². The lowest BCUT2D eigenvalue weighted by Gasteiger charge is -2.49. The zero-order chi connectivity index (χ0) is 25.9. The molecule has 0 radical (unpaired) electrons. The second-order valence-electron chi connectivity index (χ2n) is 10.8. The fraction of sp³-hybridized carbons (Fsp3) is 0.500. The number of aryl methyl sites for hydroxylation is 2. The van der Waals surface area contributed by atoms with Crippen molar-refractivity contribution >= 4 is 15.7 Å². The highest BCUT2D eigenvalue weighted by atomic mass is 32.2. The standard InChI is InChI=1S/C30H41NO3S/c1-8-10-26-18-27(25-12-9-11-23(7)17-25)29(24-15-13-22(6)14-16-24)31(30(26)32)28(20(2)3)19-35(33,34)21(4)5/h8-9,11-17,20-21,26-29H,1,10,18-19H2,2-7H3/t26-,27+,28+,29+/m0/s1. The normalized spacial score (nSPS) is 22.0. The summed E-state index contributed by atoms with van der Waals surface area (Å²) in [5, 5.41) is -0.488. The molecule has 1 aliphatic rings. The van der Waals surface area contributed by atoms with E-state index in [2.05, 4.69) is 69.0 Å². The molecule has 1 fully saturated rings. The van der Waals surface area contributed by atoms with Crippen molar-refractivity contribution in [2.45, 2.75) is 77.6 Å². The van der Waals surface area contributed by atoms with Crippen molar-refractivity contribution in [3.05, 3.63) is 83.4 Å². The quantitative estimate of drug-likeness (QED) is 0.378. The van der Waals surface area contributed by atoms with E-state index in [-0.39, 0.29) is 35.5 Å². The number of hydrogen-bond donors (Lipinski definition) is 0. The number of carbonyl (C=O) groups is 1. The Morgan fingerprint density at radius 3 is 2.20 bits per heavy atom. The topological polar surface area (TPSA) is 54.5 Å². The summed E-state index contributed by atoms with van der Waals surface area (Å²) in [5.74, 6) is -0.165. The number of sulfone groups is 1. The van der Waals surface area contributed by atoms with E-state index >= 15 is 0 Å². The number of hydrogen-bond acceptors (Lipinski definition) is 3. The number of piperidine rings is 1. The third-order valence-electron chi connectivity index (χ3n) is 7.41. The minimum Gasteiger partial charge on any atom is -0.331 e. The lowest BCUT2D eigenvalue weighted by atomic mass is 9.73.